The quantitative estimate of drug-likeness (QED) is 0.734. The Kier molecular flexibility index (Phi) is 2.97. The Morgan fingerprint density at radius 1 is 1.60 bits per heavy atom. The van der Waals surface area contributed by atoms with E-state index in [0.717, 1.165) is 19.4 Å². The number of rotatable bonds is 3. The molecule has 15 heavy (non-hydrogen) atoms. The van der Waals surface area contributed by atoms with Crippen LogP contribution in [0, 0.1) is 5.41 Å². The molecule has 1 saturated heterocycles. The molecule has 1 unspecified atom stereocenters. The third-order valence-electron chi connectivity index (χ3n) is 2.82. The first kappa shape index (κ1) is 10.5. The predicted molar refractivity (Wildman–Crippen MR) is 52.1 cm³/mol. The molecular formula is C9H16N4O2. The molecule has 1 aromatic heterocycles. The summed E-state index contributed by atoms with van der Waals surface area (Å²) in [4.78, 5) is 1.43. The van der Waals surface area contributed by atoms with Crippen molar-refractivity contribution in [2.45, 2.75) is 19.3 Å². The lowest BCUT2D eigenvalue weighted by Crippen LogP contribution is -2.37. The fourth-order valence-electron chi connectivity index (χ4n) is 1.96. The lowest BCUT2D eigenvalue weighted by Gasteiger charge is -2.34. The summed E-state index contributed by atoms with van der Waals surface area (Å²) in [7, 11) is 1.74. The highest BCUT2D eigenvalue weighted by molar-refractivity contribution is 4.92. The van der Waals surface area contributed by atoms with E-state index in [0.29, 0.717) is 18.9 Å². The van der Waals surface area contributed by atoms with Gasteiger partial charge in [-0.05, 0) is 18.1 Å². The van der Waals surface area contributed by atoms with Gasteiger partial charge in [0.05, 0.1) is 20.3 Å². The SMILES string of the molecule is Cn1nnc(CC2(CO)CCCOC2)n1. The van der Waals surface area contributed by atoms with Gasteiger partial charge in [0.2, 0.25) is 0 Å². The van der Waals surface area contributed by atoms with Crippen LogP contribution < -0.4 is 0 Å². The highest BCUT2D eigenvalue weighted by atomic mass is 16.5. The van der Waals surface area contributed by atoms with E-state index in [2.05, 4.69) is 15.4 Å². The average molecular weight is 212 g/mol. The van der Waals surface area contributed by atoms with Crippen molar-refractivity contribution in [3.8, 4) is 0 Å². The number of hydrogen-bond donors (Lipinski definition) is 1. The Hall–Kier alpha value is -1.01. The maximum atomic E-state index is 9.45. The zero-order valence-electron chi connectivity index (χ0n) is 8.89. The van der Waals surface area contributed by atoms with Crippen molar-refractivity contribution in [1.29, 1.82) is 0 Å². The predicted octanol–water partition coefficient (Wildman–Crippen LogP) is -0.458. The molecule has 84 valence electrons. The van der Waals surface area contributed by atoms with Gasteiger partial charge in [-0.15, -0.1) is 10.2 Å². The third-order valence-corrected chi connectivity index (χ3v) is 2.82. The van der Waals surface area contributed by atoms with Crippen LogP contribution in [0.2, 0.25) is 0 Å². The van der Waals surface area contributed by atoms with Crippen molar-refractivity contribution in [2.24, 2.45) is 12.5 Å². The topological polar surface area (TPSA) is 73.1 Å². The summed E-state index contributed by atoms with van der Waals surface area (Å²) in [5, 5.41) is 21.3. The number of aliphatic hydroxyl groups excluding tert-OH is 1. The van der Waals surface area contributed by atoms with Gasteiger partial charge in [0.15, 0.2) is 5.82 Å². The number of tetrazole rings is 1. The smallest absolute Gasteiger partial charge is 0.175 e. The summed E-state index contributed by atoms with van der Waals surface area (Å²) in [6, 6.07) is 0. The summed E-state index contributed by atoms with van der Waals surface area (Å²) < 4.78 is 5.41. The first-order valence-electron chi connectivity index (χ1n) is 5.16. The van der Waals surface area contributed by atoms with Gasteiger partial charge in [0, 0.05) is 18.4 Å². The van der Waals surface area contributed by atoms with E-state index in [1.165, 1.54) is 4.80 Å². The average Bonchev–Trinajstić information content (AvgIpc) is 2.65. The number of aliphatic hydroxyl groups is 1. The Labute approximate surface area is 88.2 Å². The zero-order chi connectivity index (χ0) is 10.7. The second-order valence-corrected chi connectivity index (χ2v) is 4.19. The molecule has 0 radical (unpaired) electrons. The minimum absolute atomic E-state index is 0.116. The van der Waals surface area contributed by atoms with Crippen molar-refractivity contribution in [3.63, 3.8) is 0 Å². The zero-order valence-corrected chi connectivity index (χ0v) is 8.89. The minimum atomic E-state index is -0.207. The van der Waals surface area contributed by atoms with Gasteiger partial charge in [0.1, 0.15) is 0 Å². The number of aromatic nitrogens is 4. The van der Waals surface area contributed by atoms with Crippen molar-refractivity contribution in [2.75, 3.05) is 19.8 Å². The van der Waals surface area contributed by atoms with Gasteiger partial charge in [-0.25, -0.2) is 0 Å². The standard InChI is InChI=1S/C9H16N4O2/c1-13-11-8(10-12-13)5-9(6-14)3-2-4-15-7-9/h14H,2-7H2,1H3. The van der Waals surface area contributed by atoms with Crippen LogP contribution >= 0.6 is 0 Å². The van der Waals surface area contributed by atoms with Gasteiger partial charge in [-0.1, -0.05) is 0 Å². The molecule has 1 atom stereocenters. The summed E-state index contributed by atoms with van der Waals surface area (Å²) in [5.74, 6) is 0.678. The van der Waals surface area contributed by atoms with Crippen molar-refractivity contribution < 1.29 is 9.84 Å². The van der Waals surface area contributed by atoms with Gasteiger partial charge in [0.25, 0.3) is 0 Å². The Morgan fingerprint density at radius 2 is 2.47 bits per heavy atom. The van der Waals surface area contributed by atoms with Crippen LogP contribution in [0.4, 0.5) is 0 Å². The van der Waals surface area contributed by atoms with E-state index < -0.39 is 0 Å². The highest BCUT2D eigenvalue weighted by Gasteiger charge is 2.34. The van der Waals surface area contributed by atoms with Crippen LogP contribution in [0.15, 0.2) is 0 Å². The second-order valence-electron chi connectivity index (χ2n) is 4.19. The molecule has 2 heterocycles. The molecule has 0 aliphatic carbocycles. The Bertz CT molecular complexity index is 320. The van der Waals surface area contributed by atoms with Gasteiger partial charge in [-0.3, -0.25) is 0 Å². The molecule has 6 heteroatoms. The van der Waals surface area contributed by atoms with Crippen molar-refractivity contribution in [1.82, 2.24) is 20.2 Å². The fraction of sp³-hybridized carbons (Fsp3) is 0.889. The van der Waals surface area contributed by atoms with E-state index >= 15 is 0 Å². The summed E-state index contributed by atoms with van der Waals surface area (Å²) in [6.45, 7) is 1.49. The largest absolute Gasteiger partial charge is 0.396 e. The molecule has 0 spiro atoms. The molecule has 1 aliphatic heterocycles. The van der Waals surface area contributed by atoms with Crippen LogP contribution in [0.25, 0.3) is 0 Å². The van der Waals surface area contributed by atoms with Crippen LogP contribution in [-0.2, 0) is 18.2 Å². The highest BCUT2D eigenvalue weighted by Crippen LogP contribution is 2.30. The van der Waals surface area contributed by atoms with E-state index in [9.17, 15) is 5.11 Å². The van der Waals surface area contributed by atoms with E-state index in [1.54, 1.807) is 7.05 Å². The monoisotopic (exact) mass is 212 g/mol. The van der Waals surface area contributed by atoms with E-state index in [4.69, 9.17) is 4.74 Å². The second kappa shape index (κ2) is 4.24. The maximum Gasteiger partial charge on any atom is 0.175 e. The molecule has 1 aliphatic rings. The summed E-state index contributed by atoms with van der Waals surface area (Å²) >= 11 is 0. The molecular weight excluding hydrogens is 196 g/mol. The van der Waals surface area contributed by atoms with Crippen LogP contribution in [0.1, 0.15) is 18.7 Å². The molecule has 1 fully saturated rings. The van der Waals surface area contributed by atoms with E-state index in [-0.39, 0.29) is 12.0 Å². The fourth-order valence-corrected chi connectivity index (χ4v) is 1.96. The lowest BCUT2D eigenvalue weighted by molar-refractivity contribution is -0.0389. The Morgan fingerprint density at radius 3 is 3.00 bits per heavy atom. The number of hydrogen-bond acceptors (Lipinski definition) is 5. The molecule has 0 bridgehead atoms. The summed E-state index contributed by atoms with van der Waals surface area (Å²) in [6.07, 6.45) is 2.58. The normalized spacial score (nSPS) is 26.8. The number of aryl methyl sites for hydroxylation is 1. The molecule has 0 aromatic carbocycles. The summed E-state index contributed by atoms with van der Waals surface area (Å²) in [5.41, 5.74) is -0.207. The first-order chi connectivity index (χ1) is 7.24. The maximum absolute atomic E-state index is 9.45. The molecule has 6 nitrogen and oxygen atoms in total. The van der Waals surface area contributed by atoms with Crippen molar-refractivity contribution >= 4 is 0 Å². The van der Waals surface area contributed by atoms with Crippen LogP contribution in [-0.4, -0.2) is 45.1 Å². The van der Waals surface area contributed by atoms with Gasteiger partial charge in [-0.2, -0.15) is 4.80 Å². The lowest BCUT2D eigenvalue weighted by atomic mass is 9.80. The molecule has 1 N–H and O–H groups in total. The number of ether oxygens (including phenoxy) is 1. The minimum Gasteiger partial charge on any atom is -0.396 e. The third kappa shape index (κ3) is 2.32. The van der Waals surface area contributed by atoms with Crippen molar-refractivity contribution in [3.05, 3.63) is 5.82 Å². The molecule has 0 saturated carbocycles. The number of nitrogens with zero attached hydrogens (tertiary/aromatic N) is 4. The Balaban J connectivity index is 2.06. The van der Waals surface area contributed by atoms with E-state index in [1.807, 2.05) is 0 Å². The molecule has 2 rings (SSSR count). The van der Waals surface area contributed by atoms with Gasteiger partial charge >= 0.3 is 0 Å². The molecule has 1 aromatic rings. The first-order valence-corrected chi connectivity index (χ1v) is 5.16. The van der Waals surface area contributed by atoms with Crippen LogP contribution in [0.5, 0.6) is 0 Å². The molecule has 0 amide bonds. The van der Waals surface area contributed by atoms with Gasteiger partial charge < -0.3 is 9.84 Å². The van der Waals surface area contributed by atoms with Crippen LogP contribution in [0.3, 0.4) is 0 Å².